The van der Waals surface area contributed by atoms with Crippen LogP contribution in [0.5, 0.6) is 0 Å². The lowest BCUT2D eigenvalue weighted by atomic mass is 9.99. The maximum Gasteiger partial charge on any atom is 0.237 e. The van der Waals surface area contributed by atoms with Gasteiger partial charge in [-0.3, -0.25) is 4.79 Å². The Morgan fingerprint density at radius 2 is 2.32 bits per heavy atom. The zero-order chi connectivity index (χ0) is 13.2. The molecule has 1 aromatic heterocycles. The van der Waals surface area contributed by atoms with Crippen molar-refractivity contribution in [2.75, 3.05) is 19.0 Å². The van der Waals surface area contributed by atoms with E-state index < -0.39 is 0 Å². The van der Waals surface area contributed by atoms with Gasteiger partial charge in [-0.2, -0.15) is 0 Å². The van der Waals surface area contributed by atoms with Crippen molar-refractivity contribution in [1.29, 1.82) is 0 Å². The van der Waals surface area contributed by atoms with Crippen LogP contribution in [0.3, 0.4) is 0 Å². The number of hydrogen-bond donors (Lipinski definition) is 0. The van der Waals surface area contributed by atoms with Crippen LogP contribution in [0.2, 0.25) is 0 Å². The van der Waals surface area contributed by atoms with Gasteiger partial charge in [-0.1, -0.05) is 12.1 Å². The van der Waals surface area contributed by atoms with Crippen molar-refractivity contribution in [2.45, 2.75) is 18.8 Å². The van der Waals surface area contributed by atoms with Gasteiger partial charge in [0.2, 0.25) is 5.91 Å². The Kier molecular flexibility index (Phi) is 3.71. The zero-order valence-electron chi connectivity index (χ0n) is 10.5. The van der Waals surface area contributed by atoms with Gasteiger partial charge >= 0.3 is 0 Å². The van der Waals surface area contributed by atoms with Gasteiger partial charge in [0.15, 0.2) is 0 Å². The largest absolute Gasteiger partial charge is 0.341 e. The molecule has 0 saturated carbocycles. The molecule has 3 rings (SSSR count). The van der Waals surface area contributed by atoms with E-state index in [-0.39, 0.29) is 11.8 Å². The molecule has 1 unspecified atom stereocenters. The second-order valence-electron chi connectivity index (χ2n) is 4.83. The third kappa shape index (κ3) is 2.60. The molecule has 2 heterocycles. The van der Waals surface area contributed by atoms with E-state index in [1.165, 1.54) is 4.70 Å². The number of nitrogens with zero attached hydrogens (tertiary/aromatic N) is 2. The number of amides is 1. The standard InChI is InChI=1S/C14H15ClN2OS/c15-8-13(18)17-7-3-4-10(9-17)14-16-11-5-1-2-6-12(11)19-14/h1-2,5-6,10H,3-4,7-9H2. The number of carbonyl (C=O) groups is 1. The van der Waals surface area contributed by atoms with Crippen molar-refractivity contribution in [3.05, 3.63) is 29.3 Å². The van der Waals surface area contributed by atoms with Crippen molar-refractivity contribution in [1.82, 2.24) is 9.88 Å². The molecule has 0 radical (unpaired) electrons. The number of benzene rings is 1. The van der Waals surface area contributed by atoms with Crippen LogP contribution in [0, 0.1) is 0 Å². The first-order chi connectivity index (χ1) is 9.28. The molecule has 1 aliphatic rings. The van der Waals surface area contributed by atoms with E-state index in [9.17, 15) is 4.79 Å². The highest BCUT2D eigenvalue weighted by atomic mass is 35.5. The fourth-order valence-electron chi connectivity index (χ4n) is 2.55. The second-order valence-corrected chi connectivity index (χ2v) is 6.16. The Morgan fingerprint density at radius 3 is 3.11 bits per heavy atom. The predicted molar refractivity (Wildman–Crippen MR) is 78.9 cm³/mol. The molecule has 0 bridgehead atoms. The van der Waals surface area contributed by atoms with E-state index in [4.69, 9.17) is 16.6 Å². The van der Waals surface area contributed by atoms with Crippen LogP contribution < -0.4 is 0 Å². The number of fused-ring (bicyclic) bond motifs is 1. The van der Waals surface area contributed by atoms with Crippen LogP contribution in [0.1, 0.15) is 23.8 Å². The van der Waals surface area contributed by atoms with Crippen LogP contribution in [0.15, 0.2) is 24.3 Å². The molecule has 0 aliphatic carbocycles. The fraction of sp³-hybridized carbons (Fsp3) is 0.429. The molecule has 1 fully saturated rings. The minimum Gasteiger partial charge on any atom is -0.341 e. The van der Waals surface area contributed by atoms with Crippen molar-refractivity contribution >= 4 is 39.1 Å². The minimum absolute atomic E-state index is 0.0347. The number of aromatic nitrogens is 1. The molecule has 5 heteroatoms. The number of halogens is 1. The second kappa shape index (κ2) is 5.47. The predicted octanol–water partition coefficient (Wildman–Crippen LogP) is 3.24. The molecule has 0 spiro atoms. The molecule has 0 N–H and O–H groups in total. The molecule has 2 aromatic rings. The van der Waals surface area contributed by atoms with E-state index >= 15 is 0 Å². The van der Waals surface area contributed by atoms with Crippen molar-refractivity contribution in [3.8, 4) is 0 Å². The number of likely N-dealkylation sites (tertiary alicyclic amines) is 1. The fourth-order valence-corrected chi connectivity index (χ4v) is 3.82. The summed E-state index contributed by atoms with van der Waals surface area (Å²) in [4.78, 5) is 18.3. The highest BCUT2D eigenvalue weighted by Gasteiger charge is 2.26. The van der Waals surface area contributed by atoms with Crippen LogP contribution in [0.25, 0.3) is 10.2 Å². The van der Waals surface area contributed by atoms with Gasteiger partial charge in [-0.25, -0.2) is 4.98 Å². The normalized spacial score (nSPS) is 19.8. The van der Waals surface area contributed by atoms with Gasteiger partial charge in [0.05, 0.1) is 15.2 Å². The molecule has 100 valence electrons. The lowest BCUT2D eigenvalue weighted by molar-refractivity contribution is -0.129. The number of rotatable bonds is 2. The molecular formula is C14H15ClN2OS. The maximum absolute atomic E-state index is 11.7. The molecule has 19 heavy (non-hydrogen) atoms. The van der Waals surface area contributed by atoms with Crippen LogP contribution in [0.4, 0.5) is 0 Å². The summed E-state index contributed by atoms with van der Waals surface area (Å²) in [6, 6.07) is 8.19. The SMILES string of the molecule is O=C(CCl)N1CCCC(c2nc3ccccc3s2)C1. The average Bonchev–Trinajstić information content (AvgIpc) is 2.90. The summed E-state index contributed by atoms with van der Waals surface area (Å²) < 4.78 is 1.22. The molecule has 3 nitrogen and oxygen atoms in total. The quantitative estimate of drug-likeness (QED) is 0.797. The highest BCUT2D eigenvalue weighted by molar-refractivity contribution is 7.18. The monoisotopic (exact) mass is 294 g/mol. The summed E-state index contributed by atoms with van der Waals surface area (Å²) in [5.74, 6) is 0.470. The summed E-state index contributed by atoms with van der Waals surface area (Å²) in [6.45, 7) is 1.58. The Hall–Kier alpha value is -1.13. The lowest BCUT2D eigenvalue weighted by Crippen LogP contribution is -2.39. The summed E-state index contributed by atoms with van der Waals surface area (Å²) in [5.41, 5.74) is 1.06. The van der Waals surface area contributed by atoms with Gasteiger partial charge in [0.25, 0.3) is 0 Å². The molecule has 1 aromatic carbocycles. The minimum atomic E-state index is 0.0347. The third-order valence-electron chi connectivity index (χ3n) is 3.55. The average molecular weight is 295 g/mol. The van der Waals surface area contributed by atoms with Crippen LogP contribution in [-0.2, 0) is 4.79 Å². The number of para-hydroxylation sites is 1. The van der Waals surface area contributed by atoms with Gasteiger partial charge in [0.1, 0.15) is 5.88 Å². The molecule has 1 saturated heterocycles. The first-order valence-corrected chi connectivity index (χ1v) is 7.82. The Labute approximate surface area is 121 Å². The summed E-state index contributed by atoms with van der Waals surface area (Å²) in [7, 11) is 0. The van der Waals surface area contributed by atoms with E-state index in [2.05, 4.69) is 6.07 Å². The van der Waals surface area contributed by atoms with Gasteiger partial charge in [-0.15, -0.1) is 22.9 Å². The number of carbonyl (C=O) groups excluding carboxylic acids is 1. The highest BCUT2D eigenvalue weighted by Crippen LogP contribution is 2.32. The van der Waals surface area contributed by atoms with Gasteiger partial charge in [-0.05, 0) is 25.0 Å². The van der Waals surface area contributed by atoms with E-state index in [1.807, 2.05) is 23.1 Å². The van der Waals surface area contributed by atoms with Crippen LogP contribution >= 0.6 is 22.9 Å². The van der Waals surface area contributed by atoms with E-state index in [0.29, 0.717) is 5.92 Å². The number of piperidine rings is 1. The Balaban J connectivity index is 1.83. The summed E-state index contributed by atoms with van der Waals surface area (Å²) in [6.07, 6.45) is 2.13. The molecule has 1 aliphatic heterocycles. The number of hydrogen-bond acceptors (Lipinski definition) is 3. The molecular weight excluding hydrogens is 280 g/mol. The molecule has 1 amide bonds. The van der Waals surface area contributed by atoms with E-state index in [1.54, 1.807) is 11.3 Å². The van der Waals surface area contributed by atoms with Gasteiger partial charge in [0, 0.05) is 19.0 Å². The Bertz CT molecular complexity index is 565. The van der Waals surface area contributed by atoms with E-state index in [0.717, 1.165) is 36.5 Å². The van der Waals surface area contributed by atoms with Crippen molar-refractivity contribution in [2.24, 2.45) is 0 Å². The summed E-state index contributed by atoms with van der Waals surface area (Å²) in [5, 5.41) is 1.15. The lowest BCUT2D eigenvalue weighted by Gasteiger charge is -2.31. The third-order valence-corrected chi connectivity index (χ3v) is 4.98. The number of thiazole rings is 1. The first kappa shape index (κ1) is 12.9. The first-order valence-electron chi connectivity index (χ1n) is 6.47. The van der Waals surface area contributed by atoms with Crippen LogP contribution in [-0.4, -0.2) is 34.8 Å². The number of alkyl halides is 1. The zero-order valence-corrected chi connectivity index (χ0v) is 12.1. The topological polar surface area (TPSA) is 33.2 Å². The maximum atomic E-state index is 11.7. The Morgan fingerprint density at radius 1 is 1.47 bits per heavy atom. The summed E-state index contributed by atoms with van der Waals surface area (Å²) >= 11 is 7.38. The van der Waals surface area contributed by atoms with Gasteiger partial charge < -0.3 is 4.90 Å². The molecule has 1 atom stereocenters. The smallest absolute Gasteiger partial charge is 0.237 e. The van der Waals surface area contributed by atoms with Crippen molar-refractivity contribution in [3.63, 3.8) is 0 Å². The van der Waals surface area contributed by atoms with Crippen molar-refractivity contribution < 1.29 is 4.79 Å².